The number of carbonyl (C=O) groups excluding carboxylic acids is 1. The lowest BCUT2D eigenvalue weighted by atomic mass is 9.98. The number of fused-ring (bicyclic) bond motifs is 1. The van der Waals surface area contributed by atoms with Crippen molar-refractivity contribution in [2.45, 2.75) is 38.4 Å². The monoisotopic (exact) mass is 220 g/mol. The molecule has 0 bridgehead atoms. The van der Waals surface area contributed by atoms with Crippen molar-refractivity contribution in [2.75, 3.05) is 0 Å². The lowest BCUT2D eigenvalue weighted by Gasteiger charge is -2.19. The first kappa shape index (κ1) is 11.1. The lowest BCUT2D eigenvalue weighted by Crippen LogP contribution is -2.25. The number of aliphatic hydroxyl groups excluding tert-OH is 1. The Morgan fingerprint density at radius 3 is 3.00 bits per heavy atom. The maximum atomic E-state index is 10.4. The molecule has 0 radical (unpaired) electrons. The van der Waals surface area contributed by atoms with Crippen LogP contribution in [0.1, 0.15) is 37.5 Å². The Bertz CT molecular complexity index is 410. The number of aliphatic hydroxyl groups is 1. The quantitative estimate of drug-likeness (QED) is 0.793. The van der Waals surface area contributed by atoms with E-state index in [1.165, 1.54) is 0 Å². The molecule has 1 aliphatic heterocycles. The molecule has 0 saturated carbocycles. The van der Waals surface area contributed by atoms with E-state index in [0.717, 1.165) is 29.6 Å². The number of rotatable bonds is 3. The molecule has 1 aromatic rings. The average molecular weight is 220 g/mol. The van der Waals surface area contributed by atoms with E-state index in [9.17, 15) is 9.90 Å². The first-order chi connectivity index (χ1) is 7.53. The highest BCUT2D eigenvalue weighted by Gasteiger charge is 2.32. The second-order valence-corrected chi connectivity index (χ2v) is 4.79. The van der Waals surface area contributed by atoms with Gasteiger partial charge in [0.1, 0.15) is 17.6 Å². The first-order valence-corrected chi connectivity index (χ1v) is 5.46. The van der Waals surface area contributed by atoms with Gasteiger partial charge in [-0.2, -0.15) is 0 Å². The van der Waals surface area contributed by atoms with Crippen molar-refractivity contribution in [3.05, 3.63) is 29.3 Å². The van der Waals surface area contributed by atoms with Crippen molar-refractivity contribution in [2.24, 2.45) is 0 Å². The Kier molecular flexibility index (Phi) is 2.72. The van der Waals surface area contributed by atoms with E-state index in [2.05, 4.69) is 0 Å². The maximum Gasteiger partial charge on any atom is 0.129 e. The molecule has 1 aliphatic rings. The topological polar surface area (TPSA) is 46.5 Å². The lowest BCUT2D eigenvalue weighted by molar-refractivity contribution is -0.109. The van der Waals surface area contributed by atoms with Crippen molar-refractivity contribution in [3.63, 3.8) is 0 Å². The van der Waals surface area contributed by atoms with Crippen molar-refractivity contribution in [3.8, 4) is 5.75 Å². The summed E-state index contributed by atoms with van der Waals surface area (Å²) in [5.74, 6) is 0.752. The summed E-state index contributed by atoms with van der Waals surface area (Å²) in [6.07, 6.45) is 0.912. The highest BCUT2D eigenvalue weighted by Crippen LogP contribution is 2.40. The van der Waals surface area contributed by atoms with Gasteiger partial charge in [0, 0.05) is 18.4 Å². The number of hydrogen-bond acceptors (Lipinski definition) is 3. The molecule has 1 N–H and O–H groups in total. The number of aldehydes is 1. The van der Waals surface area contributed by atoms with Crippen molar-refractivity contribution in [1.82, 2.24) is 0 Å². The number of carbonyl (C=O) groups is 1. The summed E-state index contributed by atoms with van der Waals surface area (Å²) in [5, 5.41) is 9.84. The predicted molar refractivity (Wildman–Crippen MR) is 60.5 cm³/mol. The molecule has 3 heteroatoms. The van der Waals surface area contributed by atoms with E-state index in [0.29, 0.717) is 0 Å². The average Bonchev–Trinajstić information content (AvgIpc) is 2.51. The van der Waals surface area contributed by atoms with Crippen LogP contribution in [0.2, 0.25) is 0 Å². The van der Waals surface area contributed by atoms with Crippen LogP contribution in [0.4, 0.5) is 0 Å². The summed E-state index contributed by atoms with van der Waals surface area (Å²) in [6.45, 7) is 4.03. The Labute approximate surface area is 95.0 Å². The van der Waals surface area contributed by atoms with E-state index in [1.807, 2.05) is 32.0 Å². The van der Waals surface area contributed by atoms with Crippen LogP contribution in [-0.4, -0.2) is 17.0 Å². The zero-order valence-electron chi connectivity index (χ0n) is 9.56. The minimum Gasteiger partial charge on any atom is -0.487 e. The molecule has 1 aromatic carbocycles. The summed E-state index contributed by atoms with van der Waals surface area (Å²) >= 11 is 0. The van der Waals surface area contributed by atoms with Gasteiger partial charge in [-0.1, -0.05) is 18.2 Å². The molecule has 1 heterocycles. The highest BCUT2D eigenvalue weighted by molar-refractivity contribution is 5.54. The van der Waals surface area contributed by atoms with Gasteiger partial charge in [0.05, 0.1) is 6.10 Å². The molecule has 86 valence electrons. The second-order valence-electron chi connectivity index (χ2n) is 4.79. The minimum absolute atomic E-state index is 0.111. The zero-order valence-corrected chi connectivity index (χ0v) is 9.56. The van der Waals surface area contributed by atoms with Gasteiger partial charge in [0.15, 0.2) is 0 Å². The summed E-state index contributed by atoms with van der Waals surface area (Å²) in [6, 6.07) is 5.71. The van der Waals surface area contributed by atoms with E-state index >= 15 is 0 Å². The fourth-order valence-corrected chi connectivity index (χ4v) is 2.12. The standard InChI is InChI=1S/C13H16O3/c1-13(2)8-9-4-3-5-10(12(9)16-13)11(15)6-7-14/h3-5,7,11,15H,6,8H2,1-2H3. The SMILES string of the molecule is CC1(C)Cc2cccc(C(O)CC=O)c2O1. The highest BCUT2D eigenvalue weighted by atomic mass is 16.5. The number of para-hydroxylation sites is 1. The molecular weight excluding hydrogens is 204 g/mol. The van der Waals surface area contributed by atoms with Crippen LogP contribution in [0.25, 0.3) is 0 Å². The summed E-state index contributed by atoms with van der Waals surface area (Å²) in [4.78, 5) is 10.4. The molecule has 2 rings (SSSR count). The van der Waals surface area contributed by atoms with Gasteiger partial charge >= 0.3 is 0 Å². The molecule has 0 aliphatic carbocycles. The van der Waals surface area contributed by atoms with E-state index < -0.39 is 6.10 Å². The van der Waals surface area contributed by atoms with Gasteiger partial charge in [0.2, 0.25) is 0 Å². The smallest absolute Gasteiger partial charge is 0.129 e. The molecular formula is C13H16O3. The number of ether oxygens (including phenoxy) is 1. The van der Waals surface area contributed by atoms with Crippen LogP contribution in [-0.2, 0) is 11.2 Å². The molecule has 1 unspecified atom stereocenters. The Hall–Kier alpha value is -1.35. The van der Waals surface area contributed by atoms with Crippen LogP contribution >= 0.6 is 0 Å². The maximum absolute atomic E-state index is 10.4. The second kappa shape index (κ2) is 3.91. The number of hydrogen-bond donors (Lipinski definition) is 1. The third-order valence-corrected chi connectivity index (χ3v) is 2.80. The van der Waals surface area contributed by atoms with Crippen LogP contribution < -0.4 is 4.74 Å². The van der Waals surface area contributed by atoms with Crippen LogP contribution in [0.15, 0.2) is 18.2 Å². The van der Waals surface area contributed by atoms with E-state index in [1.54, 1.807) is 0 Å². The summed E-state index contributed by atoms with van der Waals surface area (Å²) < 4.78 is 5.82. The third-order valence-electron chi connectivity index (χ3n) is 2.80. The summed E-state index contributed by atoms with van der Waals surface area (Å²) in [7, 11) is 0. The molecule has 0 amide bonds. The Morgan fingerprint density at radius 1 is 1.56 bits per heavy atom. The number of benzene rings is 1. The third kappa shape index (κ3) is 1.95. The first-order valence-electron chi connectivity index (χ1n) is 5.46. The predicted octanol–water partition coefficient (Wildman–Crippen LogP) is 2.02. The molecule has 0 spiro atoms. The van der Waals surface area contributed by atoms with Gasteiger partial charge in [-0.05, 0) is 19.4 Å². The van der Waals surface area contributed by atoms with Crippen molar-refractivity contribution < 1.29 is 14.6 Å². The molecule has 1 atom stereocenters. The van der Waals surface area contributed by atoms with Gasteiger partial charge in [-0.25, -0.2) is 0 Å². The van der Waals surface area contributed by atoms with Crippen molar-refractivity contribution >= 4 is 6.29 Å². The van der Waals surface area contributed by atoms with Gasteiger partial charge in [-0.3, -0.25) is 0 Å². The molecule has 0 fully saturated rings. The van der Waals surface area contributed by atoms with Crippen LogP contribution in [0.5, 0.6) is 5.75 Å². The molecule has 0 aromatic heterocycles. The normalized spacial score (nSPS) is 18.7. The molecule has 0 saturated heterocycles. The summed E-state index contributed by atoms with van der Waals surface area (Å²) in [5.41, 5.74) is 1.60. The fourth-order valence-electron chi connectivity index (χ4n) is 2.12. The largest absolute Gasteiger partial charge is 0.487 e. The molecule has 3 nitrogen and oxygen atoms in total. The van der Waals surface area contributed by atoms with Crippen molar-refractivity contribution in [1.29, 1.82) is 0 Å². The Balaban J connectivity index is 2.36. The molecule has 16 heavy (non-hydrogen) atoms. The van der Waals surface area contributed by atoms with E-state index in [4.69, 9.17) is 4.74 Å². The zero-order chi connectivity index (χ0) is 11.8. The minimum atomic E-state index is -0.763. The fraction of sp³-hybridized carbons (Fsp3) is 0.462. The van der Waals surface area contributed by atoms with Crippen LogP contribution in [0, 0.1) is 0 Å². The van der Waals surface area contributed by atoms with E-state index in [-0.39, 0.29) is 12.0 Å². The Morgan fingerprint density at radius 2 is 2.31 bits per heavy atom. The van der Waals surface area contributed by atoms with Gasteiger partial charge in [0.25, 0.3) is 0 Å². The van der Waals surface area contributed by atoms with Gasteiger partial charge in [-0.15, -0.1) is 0 Å². The van der Waals surface area contributed by atoms with Gasteiger partial charge < -0.3 is 14.6 Å². The van der Waals surface area contributed by atoms with Crippen LogP contribution in [0.3, 0.4) is 0 Å².